The Morgan fingerprint density at radius 2 is 2.07 bits per heavy atom. The molecule has 1 heterocycles. The number of aliphatic imine (C=N–C) groups is 1. The van der Waals surface area contributed by atoms with Crippen LogP contribution in [0.2, 0.25) is 0 Å². The van der Waals surface area contributed by atoms with Crippen LogP contribution in [0.3, 0.4) is 0 Å². The second kappa shape index (κ2) is 4.55. The van der Waals surface area contributed by atoms with E-state index in [0.717, 1.165) is 30.5 Å². The summed E-state index contributed by atoms with van der Waals surface area (Å²) >= 11 is 0. The largest absolute Gasteiger partial charge is 0.396 e. The minimum atomic E-state index is 0.251. The van der Waals surface area contributed by atoms with Crippen LogP contribution >= 0.6 is 0 Å². The number of aliphatic hydroxyl groups excluding tert-OH is 1. The van der Waals surface area contributed by atoms with Crippen LogP contribution in [0.1, 0.15) is 6.42 Å². The molecule has 0 amide bonds. The van der Waals surface area contributed by atoms with Gasteiger partial charge in [0.15, 0.2) is 6.34 Å². The Balaban J connectivity index is 2.23. The van der Waals surface area contributed by atoms with E-state index in [1.54, 1.807) is 0 Å². The lowest BCUT2D eigenvalue weighted by atomic mass is 10.2. The Labute approximate surface area is 90.3 Å². The van der Waals surface area contributed by atoms with Crippen LogP contribution in [-0.2, 0) is 0 Å². The zero-order chi connectivity index (χ0) is 10.6. The van der Waals surface area contributed by atoms with E-state index >= 15 is 0 Å². The van der Waals surface area contributed by atoms with Gasteiger partial charge in [-0.25, -0.2) is 9.48 Å². The number of benzene rings is 1. The molecule has 3 heteroatoms. The molecular formula is C12H17N2O+. The summed E-state index contributed by atoms with van der Waals surface area (Å²) in [6, 6.07) is 10.4. The third-order valence-corrected chi connectivity index (χ3v) is 2.92. The fourth-order valence-electron chi connectivity index (χ4n) is 2.08. The van der Waals surface area contributed by atoms with E-state index in [0.29, 0.717) is 0 Å². The molecule has 1 atom stereocenters. The molecule has 0 bridgehead atoms. The molecule has 0 aromatic heterocycles. The van der Waals surface area contributed by atoms with E-state index in [4.69, 9.17) is 5.11 Å². The van der Waals surface area contributed by atoms with Gasteiger partial charge in [-0.05, 0) is 12.1 Å². The smallest absolute Gasteiger partial charge is 0.190 e. The second-order valence-electron chi connectivity index (χ2n) is 3.92. The summed E-state index contributed by atoms with van der Waals surface area (Å²) in [4.78, 5) is 4.33. The zero-order valence-electron chi connectivity index (χ0n) is 8.84. The highest BCUT2D eigenvalue weighted by Gasteiger charge is 2.31. The predicted molar refractivity (Wildman–Crippen MR) is 63.0 cm³/mol. The fraction of sp³-hybridized carbons (Fsp3) is 0.417. The summed E-state index contributed by atoms with van der Waals surface area (Å²) in [6.45, 7) is 3.09. The van der Waals surface area contributed by atoms with Gasteiger partial charge in [0.05, 0.1) is 13.1 Å². The monoisotopic (exact) mass is 205 g/mol. The molecule has 2 rings (SSSR count). The van der Waals surface area contributed by atoms with Gasteiger partial charge in [0.25, 0.3) is 0 Å². The van der Waals surface area contributed by atoms with Crippen LogP contribution < -0.4 is 4.48 Å². The van der Waals surface area contributed by atoms with Gasteiger partial charge in [-0.1, -0.05) is 18.2 Å². The molecule has 1 unspecified atom stereocenters. The average molecular weight is 205 g/mol. The van der Waals surface area contributed by atoms with Crippen LogP contribution in [0.4, 0.5) is 5.69 Å². The lowest BCUT2D eigenvalue weighted by Gasteiger charge is -2.29. The van der Waals surface area contributed by atoms with Crippen molar-refractivity contribution in [3.8, 4) is 0 Å². The van der Waals surface area contributed by atoms with E-state index < -0.39 is 0 Å². The van der Waals surface area contributed by atoms with E-state index in [9.17, 15) is 0 Å². The van der Waals surface area contributed by atoms with Gasteiger partial charge in [-0.3, -0.25) is 0 Å². The summed E-state index contributed by atoms with van der Waals surface area (Å²) in [6.07, 6.45) is 2.84. The first-order valence-corrected chi connectivity index (χ1v) is 5.42. The number of para-hydroxylation sites is 1. The molecule has 1 aliphatic heterocycles. The lowest BCUT2D eigenvalue weighted by Crippen LogP contribution is -2.47. The molecule has 80 valence electrons. The van der Waals surface area contributed by atoms with E-state index in [1.807, 2.05) is 12.4 Å². The van der Waals surface area contributed by atoms with Crippen molar-refractivity contribution in [3.05, 3.63) is 30.3 Å². The molecule has 0 aliphatic carbocycles. The van der Waals surface area contributed by atoms with Crippen molar-refractivity contribution in [2.45, 2.75) is 6.42 Å². The molecule has 1 N–H and O–H groups in total. The SMILES string of the molecule is OCCC[N+]1(c2ccccc2)C=NCC1. The lowest BCUT2D eigenvalue weighted by molar-refractivity contribution is 0.271. The van der Waals surface area contributed by atoms with Crippen LogP contribution in [0.15, 0.2) is 35.3 Å². The molecule has 1 aliphatic rings. The minimum absolute atomic E-state index is 0.251. The molecule has 0 fully saturated rings. The van der Waals surface area contributed by atoms with Crippen molar-refractivity contribution in [1.29, 1.82) is 0 Å². The maximum Gasteiger partial charge on any atom is 0.190 e. The Kier molecular flexibility index (Phi) is 3.14. The van der Waals surface area contributed by atoms with Crippen molar-refractivity contribution < 1.29 is 5.11 Å². The van der Waals surface area contributed by atoms with Gasteiger partial charge in [-0.15, -0.1) is 0 Å². The van der Waals surface area contributed by atoms with Crippen LogP contribution in [-0.4, -0.2) is 37.7 Å². The predicted octanol–water partition coefficient (Wildman–Crippen LogP) is 1.42. The van der Waals surface area contributed by atoms with Gasteiger partial charge >= 0.3 is 0 Å². The van der Waals surface area contributed by atoms with Gasteiger partial charge in [0, 0.05) is 13.0 Å². The average Bonchev–Trinajstić information content (AvgIpc) is 2.78. The Morgan fingerprint density at radius 1 is 1.27 bits per heavy atom. The highest BCUT2D eigenvalue weighted by atomic mass is 16.3. The number of nitrogens with zero attached hydrogens (tertiary/aromatic N) is 2. The number of quaternary nitrogens is 1. The molecule has 1 aromatic rings. The minimum Gasteiger partial charge on any atom is -0.396 e. The molecule has 0 spiro atoms. The number of aliphatic hydroxyl groups is 1. The summed E-state index contributed by atoms with van der Waals surface area (Å²) in [5.41, 5.74) is 1.27. The third kappa shape index (κ3) is 2.08. The topological polar surface area (TPSA) is 32.6 Å². The zero-order valence-corrected chi connectivity index (χ0v) is 8.84. The van der Waals surface area contributed by atoms with Gasteiger partial charge < -0.3 is 5.11 Å². The van der Waals surface area contributed by atoms with Gasteiger partial charge in [0.2, 0.25) is 0 Å². The summed E-state index contributed by atoms with van der Waals surface area (Å²) < 4.78 is 0.793. The number of hydrogen-bond donors (Lipinski definition) is 1. The van der Waals surface area contributed by atoms with E-state index in [2.05, 4.69) is 29.3 Å². The standard InChI is InChI=1S/C12H17N2O/c15-10-4-8-14(9-7-13-11-14)12-5-2-1-3-6-12/h1-3,5-6,11,15H,4,7-10H2/q+1. The van der Waals surface area contributed by atoms with Gasteiger partial charge in [0.1, 0.15) is 12.2 Å². The fourth-order valence-corrected chi connectivity index (χ4v) is 2.08. The first-order valence-electron chi connectivity index (χ1n) is 5.42. The van der Waals surface area contributed by atoms with Gasteiger partial charge in [-0.2, -0.15) is 0 Å². The third-order valence-electron chi connectivity index (χ3n) is 2.92. The summed E-state index contributed by atoms with van der Waals surface area (Å²) in [5, 5.41) is 8.93. The second-order valence-corrected chi connectivity index (χ2v) is 3.92. The summed E-state index contributed by atoms with van der Waals surface area (Å²) in [5.74, 6) is 0. The molecule has 3 nitrogen and oxygen atoms in total. The Bertz CT molecular complexity index is 337. The van der Waals surface area contributed by atoms with Crippen molar-refractivity contribution in [1.82, 2.24) is 4.48 Å². The van der Waals surface area contributed by atoms with Crippen LogP contribution in [0, 0.1) is 0 Å². The Hall–Kier alpha value is -1.19. The van der Waals surface area contributed by atoms with Crippen molar-refractivity contribution in [3.63, 3.8) is 0 Å². The quantitative estimate of drug-likeness (QED) is 0.741. The number of hydrogen-bond acceptors (Lipinski definition) is 2. The highest BCUT2D eigenvalue weighted by Crippen LogP contribution is 2.23. The maximum atomic E-state index is 8.93. The molecular weight excluding hydrogens is 188 g/mol. The van der Waals surface area contributed by atoms with E-state index in [1.165, 1.54) is 5.69 Å². The van der Waals surface area contributed by atoms with Crippen molar-refractivity contribution in [2.75, 3.05) is 26.2 Å². The molecule has 15 heavy (non-hydrogen) atoms. The highest BCUT2D eigenvalue weighted by molar-refractivity contribution is 5.75. The number of rotatable bonds is 4. The van der Waals surface area contributed by atoms with Crippen molar-refractivity contribution >= 4 is 12.0 Å². The van der Waals surface area contributed by atoms with Crippen molar-refractivity contribution in [2.24, 2.45) is 4.99 Å². The Morgan fingerprint density at radius 3 is 2.67 bits per heavy atom. The van der Waals surface area contributed by atoms with Crippen LogP contribution in [0.25, 0.3) is 0 Å². The normalized spacial score (nSPS) is 24.6. The molecule has 1 aromatic carbocycles. The summed E-state index contributed by atoms with van der Waals surface area (Å²) in [7, 11) is 0. The molecule has 0 radical (unpaired) electrons. The molecule has 0 saturated carbocycles. The van der Waals surface area contributed by atoms with E-state index in [-0.39, 0.29) is 6.61 Å². The first kappa shape index (κ1) is 10.3. The molecule has 0 saturated heterocycles. The maximum absolute atomic E-state index is 8.93. The first-order chi connectivity index (χ1) is 7.37. The van der Waals surface area contributed by atoms with Crippen LogP contribution in [0.5, 0.6) is 0 Å².